The first-order valence-corrected chi connectivity index (χ1v) is 6.93. The third-order valence-corrected chi connectivity index (χ3v) is 3.26. The molecular formula is C15H12F4N4O. The third kappa shape index (κ3) is 3.51. The lowest BCUT2D eigenvalue weighted by Gasteiger charge is -2.11. The molecule has 0 fully saturated rings. The van der Waals surface area contributed by atoms with E-state index >= 15 is 0 Å². The van der Waals surface area contributed by atoms with E-state index < -0.39 is 18.4 Å². The van der Waals surface area contributed by atoms with Gasteiger partial charge in [0.05, 0.1) is 18.5 Å². The van der Waals surface area contributed by atoms with Crippen molar-refractivity contribution in [1.82, 2.24) is 19.6 Å². The molecule has 0 aliphatic rings. The molecule has 0 radical (unpaired) electrons. The Morgan fingerprint density at radius 3 is 2.50 bits per heavy atom. The third-order valence-electron chi connectivity index (χ3n) is 3.26. The Labute approximate surface area is 133 Å². The highest BCUT2D eigenvalue weighted by molar-refractivity contribution is 5.60. The molecule has 0 saturated heterocycles. The van der Waals surface area contributed by atoms with Crippen LogP contribution in [0.15, 0.2) is 36.7 Å². The van der Waals surface area contributed by atoms with Gasteiger partial charge in [-0.25, -0.2) is 8.78 Å². The van der Waals surface area contributed by atoms with Crippen LogP contribution in [0.4, 0.5) is 17.6 Å². The fourth-order valence-corrected chi connectivity index (χ4v) is 2.10. The normalized spacial score (nSPS) is 12.2. The average Bonchev–Trinajstić information content (AvgIpc) is 2.96. The van der Waals surface area contributed by atoms with Gasteiger partial charge in [-0.1, -0.05) is 24.3 Å². The Balaban J connectivity index is 1.86. The molecule has 0 unspecified atom stereocenters. The number of nitrogens with zero attached hydrogens (tertiary/aromatic N) is 4. The second-order valence-electron chi connectivity index (χ2n) is 5.15. The largest absolute Gasteiger partial charge is 0.353 e. The summed E-state index contributed by atoms with van der Waals surface area (Å²) in [6, 6.07) is 6.50. The minimum Gasteiger partial charge on any atom is -0.316 e. The van der Waals surface area contributed by atoms with Crippen molar-refractivity contribution in [1.29, 1.82) is 0 Å². The summed E-state index contributed by atoms with van der Waals surface area (Å²) in [5, 5.41) is 7.05. The van der Waals surface area contributed by atoms with Crippen molar-refractivity contribution < 1.29 is 22.3 Å². The van der Waals surface area contributed by atoms with Crippen molar-refractivity contribution in [3.8, 4) is 11.3 Å². The second kappa shape index (κ2) is 6.16. The zero-order valence-electron chi connectivity index (χ0n) is 12.5. The second-order valence-corrected chi connectivity index (χ2v) is 5.15. The summed E-state index contributed by atoms with van der Waals surface area (Å²) in [6.45, 7) is 0.428. The van der Waals surface area contributed by atoms with Crippen LogP contribution < -0.4 is 0 Å². The number of fused-ring (bicyclic) bond motifs is 1. The Bertz CT molecular complexity index is 843. The summed E-state index contributed by atoms with van der Waals surface area (Å²) < 4.78 is 56.7. The van der Waals surface area contributed by atoms with Gasteiger partial charge in [0.2, 0.25) is 5.82 Å². The molecule has 0 aliphatic carbocycles. The van der Waals surface area contributed by atoms with E-state index in [1.165, 1.54) is 16.8 Å². The molecule has 9 heteroatoms. The van der Waals surface area contributed by atoms with Crippen LogP contribution in [0.3, 0.4) is 0 Å². The number of alkyl halides is 4. The Kier molecular flexibility index (Phi) is 4.18. The van der Waals surface area contributed by atoms with Crippen molar-refractivity contribution in [2.45, 2.75) is 26.1 Å². The van der Waals surface area contributed by atoms with Gasteiger partial charge >= 0.3 is 6.11 Å². The minimum atomic E-state index is -3.20. The topological polar surface area (TPSA) is 52.3 Å². The van der Waals surface area contributed by atoms with Gasteiger partial charge in [-0.15, -0.1) is 10.2 Å². The number of aromatic nitrogens is 4. The highest BCUT2D eigenvalue weighted by Crippen LogP contribution is 2.23. The van der Waals surface area contributed by atoms with Crippen LogP contribution in [0.5, 0.6) is 0 Å². The molecule has 0 spiro atoms. The maximum absolute atomic E-state index is 12.9. The molecular weight excluding hydrogens is 328 g/mol. The Morgan fingerprint density at radius 1 is 1.17 bits per heavy atom. The number of hydrogen-bond acceptors (Lipinski definition) is 4. The van der Waals surface area contributed by atoms with Crippen LogP contribution in [-0.4, -0.2) is 25.7 Å². The van der Waals surface area contributed by atoms with Crippen LogP contribution in [0, 0.1) is 0 Å². The molecule has 3 aromatic rings. The maximum Gasteiger partial charge on any atom is 0.353 e. The first kappa shape index (κ1) is 16.3. The molecule has 2 heterocycles. The van der Waals surface area contributed by atoms with Crippen molar-refractivity contribution in [3.63, 3.8) is 0 Å². The Hall–Kier alpha value is -2.55. The first-order chi connectivity index (χ1) is 11.3. The highest BCUT2D eigenvalue weighted by Gasteiger charge is 2.21. The van der Waals surface area contributed by atoms with E-state index in [2.05, 4.69) is 19.9 Å². The van der Waals surface area contributed by atoms with Gasteiger partial charge in [-0.2, -0.15) is 8.78 Å². The number of rotatable bonds is 5. The van der Waals surface area contributed by atoms with Gasteiger partial charge < -0.3 is 4.74 Å². The lowest BCUT2D eigenvalue weighted by Crippen LogP contribution is -2.14. The van der Waals surface area contributed by atoms with E-state index in [4.69, 9.17) is 0 Å². The summed E-state index contributed by atoms with van der Waals surface area (Å²) in [6.07, 6.45) is -3.22. The van der Waals surface area contributed by atoms with Crippen molar-refractivity contribution in [2.75, 3.05) is 0 Å². The smallest absolute Gasteiger partial charge is 0.316 e. The van der Waals surface area contributed by atoms with Crippen molar-refractivity contribution >= 4 is 5.65 Å². The first-order valence-electron chi connectivity index (χ1n) is 6.93. The number of hydrogen-bond donors (Lipinski definition) is 0. The van der Waals surface area contributed by atoms with E-state index in [1.54, 1.807) is 24.3 Å². The lowest BCUT2D eigenvalue weighted by molar-refractivity contribution is -0.231. The monoisotopic (exact) mass is 340 g/mol. The van der Waals surface area contributed by atoms with Crippen LogP contribution in [-0.2, 0) is 11.3 Å². The zero-order valence-corrected chi connectivity index (χ0v) is 12.5. The van der Waals surface area contributed by atoms with Gasteiger partial charge in [0.25, 0.3) is 6.43 Å². The fraction of sp³-hybridized carbons (Fsp3) is 0.267. The van der Waals surface area contributed by atoms with Crippen LogP contribution in [0.2, 0.25) is 0 Å². The van der Waals surface area contributed by atoms with Crippen LogP contribution in [0.1, 0.15) is 24.7 Å². The molecule has 0 amide bonds. The van der Waals surface area contributed by atoms with Gasteiger partial charge in [0, 0.05) is 18.7 Å². The fourth-order valence-electron chi connectivity index (χ4n) is 2.10. The summed E-state index contributed by atoms with van der Waals surface area (Å²) in [7, 11) is 0. The molecule has 0 N–H and O–H groups in total. The molecule has 0 atom stereocenters. The molecule has 0 saturated carbocycles. The van der Waals surface area contributed by atoms with E-state index in [0.29, 0.717) is 23.7 Å². The zero-order chi connectivity index (χ0) is 17.3. The predicted molar refractivity (Wildman–Crippen MR) is 76.6 cm³/mol. The van der Waals surface area contributed by atoms with Gasteiger partial charge in [0.15, 0.2) is 5.65 Å². The molecule has 5 nitrogen and oxygen atoms in total. The highest BCUT2D eigenvalue weighted by atomic mass is 19.3. The minimum absolute atomic E-state index is 0.212. The summed E-state index contributed by atoms with van der Waals surface area (Å²) in [4.78, 5) is 4.15. The number of halogens is 4. The standard InChI is InChI=1S/C15H12F4N4O/c1-15(18,19)24-8-9-2-4-10(5-3-9)11-7-23-12(6-20-11)21-22-14(23)13(16)17/h2-7,13H,8H2,1H3. The SMILES string of the molecule is CC(F)(F)OCc1ccc(-c2cn3c(C(F)F)nnc3cn2)cc1. The van der Waals surface area contributed by atoms with E-state index in [0.717, 1.165) is 0 Å². The molecule has 0 aliphatic heterocycles. The van der Waals surface area contributed by atoms with E-state index in [-0.39, 0.29) is 12.3 Å². The lowest BCUT2D eigenvalue weighted by atomic mass is 10.1. The van der Waals surface area contributed by atoms with E-state index in [1.807, 2.05) is 0 Å². The molecule has 2 aromatic heterocycles. The number of benzene rings is 1. The summed E-state index contributed by atoms with van der Waals surface area (Å²) in [5.41, 5.74) is 1.83. The van der Waals surface area contributed by atoms with Crippen LogP contribution in [0.25, 0.3) is 16.9 Å². The maximum atomic E-state index is 12.9. The van der Waals surface area contributed by atoms with Crippen molar-refractivity contribution in [2.24, 2.45) is 0 Å². The summed E-state index contributed by atoms with van der Waals surface area (Å²) >= 11 is 0. The van der Waals surface area contributed by atoms with Crippen molar-refractivity contribution in [3.05, 3.63) is 48.0 Å². The van der Waals surface area contributed by atoms with Crippen LogP contribution >= 0.6 is 0 Å². The van der Waals surface area contributed by atoms with Gasteiger partial charge in [-0.05, 0) is 5.56 Å². The number of ether oxygens (including phenoxy) is 1. The van der Waals surface area contributed by atoms with Gasteiger partial charge in [0.1, 0.15) is 0 Å². The van der Waals surface area contributed by atoms with Gasteiger partial charge in [-0.3, -0.25) is 9.38 Å². The molecule has 1 aromatic carbocycles. The molecule has 0 bridgehead atoms. The Morgan fingerprint density at radius 2 is 1.88 bits per heavy atom. The predicted octanol–water partition coefficient (Wildman–Crippen LogP) is 3.86. The quantitative estimate of drug-likeness (QED) is 0.662. The summed E-state index contributed by atoms with van der Waals surface area (Å²) in [5.74, 6) is -0.469. The average molecular weight is 340 g/mol. The van der Waals surface area contributed by atoms with E-state index in [9.17, 15) is 17.6 Å². The molecule has 24 heavy (non-hydrogen) atoms. The molecule has 126 valence electrons. The molecule has 3 rings (SSSR count).